The molecule has 124 valence electrons. The number of hydrogen-bond acceptors (Lipinski definition) is 6. The van der Waals surface area contributed by atoms with E-state index >= 15 is 0 Å². The van der Waals surface area contributed by atoms with Gasteiger partial charge in [-0.2, -0.15) is 0 Å². The van der Waals surface area contributed by atoms with Crippen molar-refractivity contribution in [2.45, 2.75) is 25.9 Å². The molecule has 1 atom stereocenters. The van der Waals surface area contributed by atoms with Gasteiger partial charge in [0.25, 0.3) is 0 Å². The molecule has 0 radical (unpaired) electrons. The number of aromatic nitrogens is 2. The van der Waals surface area contributed by atoms with Crippen LogP contribution in [0.15, 0.2) is 12.4 Å². The normalized spacial score (nSPS) is 18.2. The van der Waals surface area contributed by atoms with Gasteiger partial charge in [-0.1, -0.05) is 13.8 Å². The van der Waals surface area contributed by atoms with Crippen LogP contribution >= 0.6 is 0 Å². The van der Waals surface area contributed by atoms with E-state index in [1.54, 1.807) is 0 Å². The van der Waals surface area contributed by atoms with Gasteiger partial charge in [-0.3, -0.25) is 4.90 Å². The SMILES string of the molecule is CC(C)c1cnc(N2CCN(C[C@H](O)CN(C)C)CC2)nc1. The maximum atomic E-state index is 10.0. The van der Waals surface area contributed by atoms with E-state index in [9.17, 15) is 5.11 Å². The number of likely N-dealkylation sites (N-methyl/N-ethyl adjacent to an activating group) is 1. The fraction of sp³-hybridized carbons (Fsp3) is 0.750. The van der Waals surface area contributed by atoms with Gasteiger partial charge in [0.05, 0.1) is 6.10 Å². The zero-order chi connectivity index (χ0) is 16.1. The average molecular weight is 307 g/mol. The lowest BCUT2D eigenvalue weighted by Crippen LogP contribution is -2.50. The molecule has 0 aromatic carbocycles. The van der Waals surface area contributed by atoms with Crippen molar-refractivity contribution in [2.24, 2.45) is 0 Å². The van der Waals surface area contributed by atoms with Crippen molar-refractivity contribution < 1.29 is 5.11 Å². The summed E-state index contributed by atoms with van der Waals surface area (Å²) in [6.45, 7) is 9.45. The number of hydrogen-bond donors (Lipinski definition) is 1. The first kappa shape index (κ1) is 17.1. The van der Waals surface area contributed by atoms with Crippen LogP contribution in [-0.2, 0) is 0 Å². The summed E-state index contributed by atoms with van der Waals surface area (Å²) in [5, 5.41) is 10.0. The third kappa shape index (κ3) is 4.90. The third-order valence-corrected chi connectivity index (χ3v) is 4.02. The van der Waals surface area contributed by atoms with Gasteiger partial charge in [0.1, 0.15) is 0 Å². The second kappa shape index (κ2) is 7.85. The molecule has 2 heterocycles. The number of nitrogens with zero attached hydrogens (tertiary/aromatic N) is 5. The van der Waals surface area contributed by atoms with Crippen LogP contribution < -0.4 is 4.90 Å². The third-order valence-electron chi connectivity index (χ3n) is 4.02. The van der Waals surface area contributed by atoms with E-state index in [1.807, 2.05) is 31.4 Å². The molecule has 0 spiro atoms. The monoisotopic (exact) mass is 307 g/mol. The van der Waals surface area contributed by atoms with Gasteiger partial charge >= 0.3 is 0 Å². The van der Waals surface area contributed by atoms with E-state index in [4.69, 9.17) is 0 Å². The molecule has 1 fully saturated rings. The van der Waals surface area contributed by atoms with E-state index < -0.39 is 0 Å². The van der Waals surface area contributed by atoms with Crippen molar-refractivity contribution in [3.05, 3.63) is 18.0 Å². The summed E-state index contributed by atoms with van der Waals surface area (Å²) in [6, 6.07) is 0. The molecular weight excluding hydrogens is 278 g/mol. The molecule has 6 nitrogen and oxygen atoms in total. The quantitative estimate of drug-likeness (QED) is 0.832. The van der Waals surface area contributed by atoms with Crippen LogP contribution in [0.5, 0.6) is 0 Å². The Morgan fingerprint density at radius 1 is 1.14 bits per heavy atom. The highest BCUT2D eigenvalue weighted by molar-refractivity contribution is 5.31. The van der Waals surface area contributed by atoms with Crippen LogP contribution in [0.2, 0.25) is 0 Å². The summed E-state index contributed by atoms with van der Waals surface area (Å²) in [5.74, 6) is 1.28. The van der Waals surface area contributed by atoms with Crippen molar-refractivity contribution in [3.63, 3.8) is 0 Å². The number of rotatable bonds is 6. The Kier molecular flexibility index (Phi) is 6.11. The average Bonchev–Trinajstić information content (AvgIpc) is 2.47. The zero-order valence-corrected chi connectivity index (χ0v) is 14.2. The summed E-state index contributed by atoms with van der Waals surface area (Å²) in [5.41, 5.74) is 1.18. The number of anilines is 1. The largest absolute Gasteiger partial charge is 0.390 e. The summed E-state index contributed by atoms with van der Waals surface area (Å²) < 4.78 is 0. The molecular formula is C16H29N5O. The van der Waals surface area contributed by atoms with Gasteiger partial charge in [0, 0.05) is 51.7 Å². The fourth-order valence-electron chi connectivity index (χ4n) is 2.70. The minimum Gasteiger partial charge on any atom is -0.390 e. The lowest BCUT2D eigenvalue weighted by atomic mass is 10.1. The van der Waals surface area contributed by atoms with Gasteiger partial charge in [-0.05, 0) is 25.6 Å². The Hall–Kier alpha value is -1.24. The van der Waals surface area contributed by atoms with Gasteiger partial charge in [0.15, 0.2) is 0 Å². The van der Waals surface area contributed by atoms with Gasteiger partial charge in [0.2, 0.25) is 5.95 Å². The highest BCUT2D eigenvalue weighted by Gasteiger charge is 2.21. The Morgan fingerprint density at radius 3 is 2.23 bits per heavy atom. The predicted octanol–water partition coefficient (Wildman–Crippen LogP) is 0.645. The molecule has 0 amide bonds. The fourth-order valence-corrected chi connectivity index (χ4v) is 2.70. The maximum Gasteiger partial charge on any atom is 0.225 e. The smallest absolute Gasteiger partial charge is 0.225 e. The van der Waals surface area contributed by atoms with Crippen LogP contribution in [-0.4, -0.2) is 84.3 Å². The summed E-state index contributed by atoms with van der Waals surface area (Å²) in [7, 11) is 3.97. The second-order valence-electron chi connectivity index (χ2n) is 6.67. The first-order valence-corrected chi connectivity index (χ1v) is 8.07. The molecule has 1 aromatic heterocycles. The Balaban J connectivity index is 1.81. The maximum absolute atomic E-state index is 10.0. The van der Waals surface area contributed by atoms with Crippen LogP contribution in [0.3, 0.4) is 0 Å². The van der Waals surface area contributed by atoms with Crippen LogP contribution in [0, 0.1) is 0 Å². The molecule has 22 heavy (non-hydrogen) atoms. The molecule has 1 aliphatic heterocycles. The molecule has 1 N–H and O–H groups in total. The molecule has 1 aliphatic rings. The van der Waals surface area contributed by atoms with E-state index in [2.05, 4.69) is 33.6 Å². The Labute approximate surface area is 133 Å². The molecule has 0 bridgehead atoms. The van der Waals surface area contributed by atoms with Gasteiger partial charge in [-0.25, -0.2) is 9.97 Å². The molecule has 0 aliphatic carbocycles. The van der Waals surface area contributed by atoms with Crippen molar-refractivity contribution in [2.75, 3.05) is 58.3 Å². The molecule has 1 aromatic rings. The molecule has 1 saturated heterocycles. The molecule has 2 rings (SSSR count). The summed E-state index contributed by atoms with van der Waals surface area (Å²) >= 11 is 0. The number of piperazine rings is 1. The van der Waals surface area contributed by atoms with Crippen molar-refractivity contribution >= 4 is 5.95 Å². The minimum absolute atomic E-state index is 0.289. The number of aliphatic hydroxyl groups is 1. The van der Waals surface area contributed by atoms with E-state index in [1.165, 1.54) is 5.56 Å². The lowest BCUT2D eigenvalue weighted by Gasteiger charge is -2.35. The predicted molar refractivity (Wildman–Crippen MR) is 89.3 cm³/mol. The van der Waals surface area contributed by atoms with E-state index in [0.717, 1.165) is 38.7 Å². The van der Waals surface area contributed by atoms with Crippen molar-refractivity contribution in [1.82, 2.24) is 19.8 Å². The summed E-state index contributed by atoms with van der Waals surface area (Å²) in [6.07, 6.45) is 3.57. The number of β-amino-alcohol motifs (C(OH)–C–C–N with tert-alkyl or cyclic N) is 1. The van der Waals surface area contributed by atoms with E-state index in [-0.39, 0.29) is 6.10 Å². The van der Waals surface area contributed by atoms with Crippen molar-refractivity contribution in [1.29, 1.82) is 0 Å². The van der Waals surface area contributed by atoms with Crippen LogP contribution in [0.1, 0.15) is 25.3 Å². The Bertz CT molecular complexity index is 440. The highest BCUT2D eigenvalue weighted by atomic mass is 16.3. The summed E-state index contributed by atoms with van der Waals surface area (Å²) in [4.78, 5) is 15.5. The number of aliphatic hydroxyl groups excluding tert-OH is 1. The standard InChI is InChI=1S/C16H29N5O/c1-13(2)14-9-17-16(18-10-14)21-7-5-20(6-8-21)12-15(22)11-19(3)4/h9-10,13,15,22H,5-8,11-12H2,1-4H3/t15-/m1/s1. The van der Waals surface area contributed by atoms with Gasteiger partial charge in [-0.15, -0.1) is 0 Å². The lowest BCUT2D eigenvalue weighted by molar-refractivity contribution is 0.0859. The molecule has 6 heteroatoms. The molecule has 0 saturated carbocycles. The first-order valence-electron chi connectivity index (χ1n) is 8.07. The Morgan fingerprint density at radius 2 is 1.73 bits per heavy atom. The van der Waals surface area contributed by atoms with Crippen LogP contribution in [0.4, 0.5) is 5.95 Å². The van der Waals surface area contributed by atoms with E-state index in [0.29, 0.717) is 12.5 Å². The highest BCUT2D eigenvalue weighted by Crippen LogP contribution is 2.15. The minimum atomic E-state index is -0.289. The topological polar surface area (TPSA) is 55.7 Å². The second-order valence-corrected chi connectivity index (χ2v) is 6.67. The first-order chi connectivity index (χ1) is 10.5. The molecule has 0 unspecified atom stereocenters. The zero-order valence-electron chi connectivity index (χ0n) is 14.2. The van der Waals surface area contributed by atoms with Crippen molar-refractivity contribution in [3.8, 4) is 0 Å². The van der Waals surface area contributed by atoms with Gasteiger partial charge < -0.3 is 14.9 Å². The van der Waals surface area contributed by atoms with Crippen LogP contribution in [0.25, 0.3) is 0 Å².